The molecule has 0 spiro atoms. The minimum Gasteiger partial charge on any atom is -0.495 e. The van der Waals surface area contributed by atoms with Crippen molar-refractivity contribution in [2.45, 2.75) is 6.92 Å². The van der Waals surface area contributed by atoms with E-state index in [1.165, 1.54) is 0 Å². The average Bonchev–Trinajstić information content (AvgIpc) is 2.53. The molecule has 0 aliphatic carbocycles. The Morgan fingerprint density at radius 1 is 1.25 bits per heavy atom. The van der Waals surface area contributed by atoms with Crippen molar-refractivity contribution in [1.29, 1.82) is 0 Å². The van der Waals surface area contributed by atoms with Crippen molar-refractivity contribution >= 4 is 11.6 Å². The molecule has 1 amide bonds. The lowest BCUT2D eigenvalue weighted by atomic mass is 10.2. The molecule has 1 heterocycles. The lowest BCUT2D eigenvalue weighted by molar-refractivity contribution is -0.131. The van der Waals surface area contributed by atoms with Crippen molar-refractivity contribution in [2.24, 2.45) is 0 Å². The molecule has 2 rings (SSSR count). The summed E-state index contributed by atoms with van der Waals surface area (Å²) in [7, 11) is 1.63. The van der Waals surface area contributed by atoms with Crippen molar-refractivity contribution < 1.29 is 9.53 Å². The van der Waals surface area contributed by atoms with Crippen LogP contribution in [0.4, 0.5) is 5.69 Å². The van der Waals surface area contributed by atoms with Crippen molar-refractivity contribution in [3.8, 4) is 5.75 Å². The van der Waals surface area contributed by atoms with Gasteiger partial charge in [-0.1, -0.05) is 19.1 Å². The van der Waals surface area contributed by atoms with Crippen LogP contribution in [0.5, 0.6) is 5.75 Å². The number of ether oxygens (including phenoxy) is 1. The smallest absolute Gasteiger partial charge is 0.241 e. The van der Waals surface area contributed by atoms with Gasteiger partial charge in [0.05, 0.1) is 19.3 Å². The number of rotatable bonds is 5. The van der Waals surface area contributed by atoms with Gasteiger partial charge in [-0.15, -0.1) is 0 Å². The molecule has 1 fully saturated rings. The van der Waals surface area contributed by atoms with Crippen LogP contribution < -0.4 is 10.1 Å². The molecule has 0 saturated carbocycles. The van der Waals surface area contributed by atoms with Gasteiger partial charge in [0.2, 0.25) is 5.91 Å². The number of piperazine rings is 1. The van der Waals surface area contributed by atoms with Gasteiger partial charge in [-0.05, 0) is 18.7 Å². The van der Waals surface area contributed by atoms with Crippen LogP contribution in [-0.4, -0.2) is 62.1 Å². The second kappa shape index (κ2) is 7.14. The summed E-state index contributed by atoms with van der Waals surface area (Å²) >= 11 is 0. The Bertz CT molecular complexity index is 442. The summed E-state index contributed by atoms with van der Waals surface area (Å²) in [5.74, 6) is 0.905. The molecule has 1 aliphatic rings. The lowest BCUT2D eigenvalue weighted by Crippen LogP contribution is -2.49. The number of benzene rings is 1. The Balaban J connectivity index is 1.83. The summed E-state index contributed by atoms with van der Waals surface area (Å²) in [6.07, 6.45) is 0. The van der Waals surface area contributed by atoms with Gasteiger partial charge in [-0.2, -0.15) is 0 Å². The van der Waals surface area contributed by atoms with Crippen LogP contribution in [0.15, 0.2) is 24.3 Å². The van der Waals surface area contributed by atoms with Gasteiger partial charge in [0.1, 0.15) is 5.75 Å². The quantitative estimate of drug-likeness (QED) is 0.880. The van der Waals surface area contributed by atoms with E-state index in [4.69, 9.17) is 4.74 Å². The Hall–Kier alpha value is -1.75. The molecule has 0 aromatic heterocycles. The average molecular weight is 277 g/mol. The first-order chi connectivity index (χ1) is 9.74. The summed E-state index contributed by atoms with van der Waals surface area (Å²) in [6, 6.07) is 7.64. The number of likely N-dealkylation sites (N-methyl/N-ethyl adjacent to an activating group) is 1. The molecule has 1 saturated heterocycles. The fourth-order valence-corrected chi connectivity index (χ4v) is 2.39. The van der Waals surface area contributed by atoms with E-state index in [2.05, 4.69) is 17.1 Å². The van der Waals surface area contributed by atoms with E-state index in [-0.39, 0.29) is 5.91 Å². The van der Waals surface area contributed by atoms with E-state index in [1.54, 1.807) is 7.11 Å². The third-order valence-electron chi connectivity index (χ3n) is 3.71. The normalized spacial score (nSPS) is 16.0. The minimum absolute atomic E-state index is 0.145. The van der Waals surface area contributed by atoms with Gasteiger partial charge >= 0.3 is 0 Å². The molecule has 1 aromatic carbocycles. The predicted molar refractivity (Wildman–Crippen MR) is 80.2 cm³/mol. The van der Waals surface area contributed by atoms with Crippen LogP contribution >= 0.6 is 0 Å². The van der Waals surface area contributed by atoms with Gasteiger partial charge < -0.3 is 19.9 Å². The molecule has 0 bridgehead atoms. The molecular weight excluding hydrogens is 254 g/mol. The Morgan fingerprint density at radius 2 is 1.95 bits per heavy atom. The number of nitrogens with zero attached hydrogens (tertiary/aromatic N) is 2. The molecular formula is C15H23N3O2. The predicted octanol–water partition coefficient (Wildman–Crippen LogP) is 1.27. The van der Waals surface area contributed by atoms with Crippen LogP contribution in [0, 0.1) is 0 Å². The van der Waals surface area contributed by atoms with Gasteiger partial charge in [-0.25, -0.2) is 0 Å². The first-order valence-corrected chi connectivity index (χ1v) is 7.11. The molecule has 1 aliphatic heterocycles. The van der Waals surface area contributed by atoms with E-state index < -0.39 is 0 Å². The number of carbonyl (C=O) groups excluding carboxylic acids is 1. The Kier molecular flexibility index (Phi) is 5.24. The maximum atomic E-state index is 12.2. The van der Waals surface area contributed by atoms with Crippen molar-refractivity contribution in [3.63, 3.8) is 0 Å². The highest BCUT2D eigenvalue weighted by Gasteiger charge is 2.19. The molecule has 0 radical (unpaired) electrons. The van der Waals surface area contributed by atoms with E-state index in [1.807, 2.05) is 29.2 Å². The van der Waals surface area contributed by atoms with Crippen LogP contribution in [0.25, 0.3) is 0 Å². The number of methoxy groups -OCH3 is 1. The number of hydrogen-bond donors (Lipinski definition) is 1. The number of nitrogens with one attached hydrogen (secondary N) is 1. The highest BCUT2D eigenvalue weighted by molar-refractivity contribution is 5.81. The van der Waals surface area contributed by atoms with Gasteiger partial charge in [0.25, 0.3) is 0 Å². The van der Waals surface area contributed by atoms with Crippen LogP contribution in [-0.2, 0) is 4.79 Å². The highest BCUT2D eigenvalue weighted by Crippen LogP contribution is 2.22. The summed E-state index contributed by atoms with van der Waals surface area (Å²) in [5, 5.41) is 3.16. The fraction of sp³-hybridized carbons (Fsp3) is 0.533. The highest BCUT2D eigenvalue weighted by atomic mass is 16.5. The number of hydrogen-bond acceptors (Lipinski definition) is 4. The minimum atomic E-state index is 0.145. The molecule has 1 N–H and O–H groups in total. The van der Waals surface area contributed by atoms with E-state index in [9.17, 15) is 4.79 Å². The summed E-state index contributed by atoms with van der Waals surface area (Å²) < 4.78 is 5.26. The lowest BCUT2D eigenvalue weighted by Gasteiger charge is -2.34. The number of carbonyl (C=O) groups is 1. The second-order valence-electron chi connectivity index (χ2n) is 4.87. The molecule has 5 nitrogen and oxygen atoms in total. The van der Waals surface area contributed by atoms with Gasteiger partial charge in [-0.3, -0.25) is 4.79 Å². The van der Waals surface area contributed by atoms with Gasteiger partial charge in [0.15, 0.2) is 0 Å². The largest absolute Gasteiger partial charge is 0.495 e. The van der Waals surface area contributed by atoms with E-state index in [0.29, 0.717) is 6.54 Å². The number of anilines is 1. The first kappa shape index (κ1) is 14.7. The topological polar surface area (TPSA) is 44.8 Å². The molecule has 0 unspecified atom stereocenters. The maximum absolute atomic E-state index is 12.2. The number of amides is 1. The molecule has 5 heteroatoms. The van der Waals surface area contributed by atoms with Gasteiger partial charge in [0, 0.05) is 26.2 Å². The Labute approximate surface area is 120 Å². The van der Waals surface area contributed by atoms with Crippen molar-refractivity contribution in [2.75, 3.05) is 51.7 Å². The Morgan fingerprint density at radius 3 is 2.60 bits per heavy atom. The second-order valence-corrected chi connectivity index (χ2v) is 4.87. The van der Waals surface area contributed by atoms with Crippen molar-refractivity contribution in [3.05, 3.63) is 24.3 Å². The third kappa shape index (κ3) is 3.63. The number of para-hydroxylation sites is 2. The molecule has 0 atom stereocenters. The summed E-state index contributed by atoms with van der Waals surface area (Å²) in [5.41, 5.74) is 0.857. The monoisotopic (exact) mass is 277 g/mol. The third-order valence-corrected chi connectivity index (χ3v) is 3.71. The molecule has 110 valence electrons. The molecule has 20 heavy (non-hydrogen) atoms. The standard InChI is InChI=1S/C15H23N3O2/c1-3-17-8-10-18(11-9-17)15(19)12-16-13-6-4-5-7-14(13)20-2/h4-7,16H,3,8-12H2,1-2H3. The zero-order valence-corrected chi connectivity index (χ0v) is 12.3. The van der Waals surface area contributed by atoms with E-state index >= 15 is 0 Å². The van der Waals surface area contributed by atoms with Crippen LogP contribution in [0.3, 0.4) is 0 Å². The summed E-state index contributed by atoms with van der Waals surface area (Å²) in [6.45, 7) is 7.10. The maximum Gasteiger partial charge on any atom is 0.241 e. The van der Waals surface area contributed by atoms with Crippen LogP contribution in [0.2, 0.25) is 0 Å². The zero-order valence-electron chi connectivity index (χ0n) is 12.3. The molecule has 1 aromatic rings. The zero-order chi connectivity index (χ0) is 14.4. The van der Waals surface area contributed by atoms with Crippen molar-refractivity contribution in [1.82, 2.24) is 9.80 Å². The van der Waals surface area contributed by atoms with Crippen LogP contribution in [0.1, 0.15) is 6.92 Å². The SMILES string of the molecule is CCN1CCN(C(=O)CNc2ccccc2OC)CC1. The van der Waals surface area contributed by atoms with E-state index in [0.717, 1.165) is 44.2 Å². The fourth-order valence-electron chi connectivity index (χ4n) is 2.39. The summed E-state index contributed by atoms with van der Waals surface area (Å²) in [4.78, 5) is 16.5. The first-order valence-electron chi connectivity index (χ1n) is 7.11.